The second-order valence-corrected chi connectivity index (χ2v) is 11.4. The third-order valence-corrected chi connectivity index (χ3v) is 9.20. The van der Waals surface area contributed by atoms with Gasteiger partial charge in [-0.2, -0.15) is 0 Å². The van der Waals surface area contributed by atoms with Crippen molar-refractivity contribution in [2.24, 2.45) is 0 Å². The molecule has 1 aromatic heterocycles. The maximum absolute atomic E-state index is 13.1. The first-order chi connectivity index (χ1) is 15.8. The number of amides is 3. The average Bonchev–Trinajstić information content (AvgIpc) is 3.20. The number of halogens is 1. The van der Waals surface area contributed by atoms with Crippen molar-refractivity contribution in [1.29, 1.82) is 0 Å². The molecule has 1 fully saturated rings. The maximum atomic E-state index is 13.1. The Balaban J connectivity index is 1.46. The molecule has 0 unspecified atom stereocenters. The minimum Gasteiger partial charge on any atom is -0.304 e. The number of likely N-dealkylation sites (tertiary alicyclic amines) is 1. The number of nitrogens with zero attached hydrogens (tertiary/aromatic N) is 2. The normalized spacial score (nSPS) is 15.5. The number of imide groups is 1. The molecule has 33 heavy (non-hydrogen) atoms. The number of anilines is 1. The second kappa shape index (κ2) is 9.76. The zero-order valence-corrected chi connectivity index (χ0v) is 20.3. The molecule has 2 heterocycles. The van der Waals surface area contributed by atoms with Crippen LogP contribution in [0.5, 0.6) is 0 Å². The van der Waals surface area contributed by atoms with Gasteiger partial charge in [-0.15, -0.1) is 0 Å². The minimum atomic E-state index is -3.45. The number of fused-ring (bicyclic) bond motifs is 1. The molecule has 0 bridgehead atoms. The van der Waals surface area contributed by atoms with Crippen molar-refractivity contribution in [3.63, 3.8) is 0 Å². The van der Waals surface area contributed by atoms with Crippen LogP contribution in [-0.2, 0) is 9.84 Å². The zero-order chi connectivity index (χ0) is 23.6. The predicted octanol–water partition coefficient (Wildman–Crippen LogP) is 4.17. The summed E-state index contributed by atoms with van der Waals surface area (Å²) in [6, 6.07) is 10.4. The van der Waals surface area contributed by atoms with E-state index in [1.54, 1.807) is 36.4 Å². The molecule has 0 atom stereocenters. The molecule has 11 heteroatoms. The summed E-state index contributed by atoms with van der Waals surface area (Å²) in [6.45, 7) is 4.55. The molecule has 3 aromatic rings. The van der Waals surface area contributed by atoms with E-state index < -0.39 is 27.0 Å². The molecule has 4 rings (SSSR count). The predicted molar refractivity (Wildman–Crippen MR) is 130 cm³/mol. The van der Waals surface area contributed by atoms with E-state index in [-0.39, 0.29) is 20.6 Å². The Morgan fingerprint density at radius 2 is 1.91 bits per heavy atom. The average molecular weight is 507 g/mol. The van der Waals surface area contributed by atoms with Gasteiger partial charge in [0.15, 0.2) is 15.0 Å². The lowest BCUT2D eigenvalue weighted by atomic mass is 10.1. The van der Waals surface area contributed by atoms with E-state index in [4.69, 9.17) is 11.6 Å². The van der Waals surface area contributed by atoms with Crippen LogP contribution in [0.1, 0.15) is 30.1 Å². The summed E-state index contributed by atoms with van der Waals surface area (Å²) >= 11 is 7.12. The topological polar surface area (TPSA) is 108 Å². The largest absolute Gasteiger partial charge is 0.327 e. The summed E-state index contributed by atoms with van der Waals surface area (Å²) in [5.74, 6) is -0.637. The Hall–Kier alpha value is -2.53. The van der Waals surface area contributed by atoms with Crippen LogP contribution in [0.2, 0.25) is 5.02 Å². The number of sulfone groups is 1. The van der Waals surface area contributed by atoms with Crippen LogP contribution in [0.15, 0.2) is 47.4 Å². The molecule has 2 aromatic carbocycles. The fourth-order valence-electron chi connectivity index (χ4n) is 3.81. The standard InChI is InChI=1S/C22H23ClN4O4S2/c1-2-27-11-9-14(10-12-27)33(30,31)15-7-8-18-19(13-15)32-22(24-18)26-21(29)25-20(28)16-5-3-4-6-17(16)23/h3-8,13-14H,2,9-12H2,1H3,(H2,24,25,26,28,29). The Morgan fingerprint density at radius 3 is 2.61 bits per heavy atom. The van der Waals surface area contributed by atoms with E-state index in [1.807, 2.05) is 0 Å². The number of hydrogen-bond donors (Lipinski definition) is 2. The summed E-state index contributed by atoms with van der Waals surface area (Å²) in [5, 5.41) is 4.82. The minimum absolute atomic E-state index is 0.179. The molecule has 0 aliphatic carbocycles. The number of thiazole rings is 1. The molecule has 1 saturated heterocycles. The number of urea groups is 1. The van der Waals surface area contributed by atoms with E-state index in [2.05, 4.69) is 27.4 Å². The molecular formula is C22H23ClN4O4S2. The van der Waals surface area contributed by atoms with Crippen LogP contribution in [0.4, 0.5) is 9.93 Å². The Kier molecular flexibility index (Phi) is 6.99. The van der Waals surface area contributed by atoms with Crippen LogP contribution in [0, 0.1) is 0 Å². The molecule has 0 radical (unpaired) electrons. The molecule has 1 aliphatic heterocycles. The van der Waals surface area contributed by atoms with Crippen LogP contribution < -0.4 is 10.6 Å². The van der Waals surface area contributed by atoms with Gasteiger partial charge in [0.1, 0.15) is 0 Å². The van der Waals surface area contributed by atoms with Gasteiger partial charge in [0.2, 0.25) is 0 Å². The van der Waals surface area contributed by atoms with Gasteiger partial charge in [0, 0.05) is 0 Å². The first kappa shape index (κ1) is 23.6. The Morgan fingerprint density at radius 1 is 1.18 bits per heavy atom. The molecule has 1 aliphatic rings. The first-order valence-corrected chi connectivity index (χ1v) is 13.3. The van der Waals surface area contributed by atoms with E-state index in [9.17, 15) is 18.0 Å². The van der Waals surface area contributed by atoms with Crippen molar-refractivity contribution < 1.29 is 18.0 Å². The Bertz CT molecular complexity index is 1300. The van der Waals surface area contributed by atoms with Crippen molar-refractivity contribution >= 4 is 60.1 Å². The van der Waals surface area contributed by atoms with Crippen LogP contribution >= 0.6 is 22.9 Å². The van der Waals surface area contributed by atoms with Gasteiger partial charge in [-0.1, -0.05) is 42.0 Å². The third kappa shape index (κ3) is 5.19. The van der Waals surface area contributed by atoms with Crippen molar-refractivity contribution in [2.45, 2.75) is 29.9 Å². The smallest absolute Gasteiger partial charge is 0.304 e. The summed E-state index contributed by atoms with van der Waals surface area (Å²) in [6.07, 6.45) is 1.23. The highest BCUT2D eigenvalue weighted by atomic mass is 35.5. The number of rotatable bonds is 5. The lowest BCUT2D eigenvalue weighted by Crippen LogP contribution is -2.39. The molecular weight excluding hydrogens is 484 g/mol. The van der Waals surface area contributed by atoms with E-state index in [0.717, 1.165) is 31.0 Å². The van der Waals surface area contributed by atoms with Crippen molar-refractivity contribution in [1.82, 2.24) is 15.2 Å². The van der Waals surface area contributed by atoms with E-state index in [1.165, 1.54) is 6.07 Å². The van der Waals surface area contributed by atoms with Gasteiger partial charge < -0.3 is 4.90 Å². The molecule has 3 amide bonds. The van der Waals surface area contributed by atoms with Gasteiger partial charge in [0.05, 0.1) is 30.9 Å². The van der Waals surface area contributed by atoms with Gasteiger partial charge in [0.25, 0.3) is 5.91 Å². The highest BCUT2D eigenvalue weighted by molar-refractivity contribution is 7.92. The molecule has 174 valence electrons. The van der Waals surface area contributed by atoms with Crippen molar-refractivity contribution in [3.05, 3.63) is 53.1 Å². The fourth-order valence-corrected chi connectivity index (χ4v) is 6.76. The molecule has 8 nitrogen and oxygen atoms in total. The lowest BCUT2D eigenvalue weighted by molar-refractivity contribution is 0.0967. The summed E-state index contributed by atoms with van der Waals surface area (Å²) < 4.78 is 26.9. The fraction of sp³-hybridized carbons (Fsp3) is 0.318. The quantitative estimate of drug-likeness (QED) is 0.537. The zero-order valence-electron chi connectivity index (χ0n) is 17.9. The van der Waals surface area contributed by atoms with Gasteiger partial charge in [-0.05, 0) is 62.8 Å². The maximum Gasteiger partial charge on any atom is 0.327 e. The number of carbonyl (C=O) groups is 2. The highest BCUT2D eigenvalue weighted by Gasteiger charge is 2.31. The summed E-state index contributed by atoms with van der Waals surface area (Å²) in [5.41, 5.74) is 0.741. The number of piperidine rings is 1. The number of benzene rings is 2. The Labute approximate surface area is 200 Å². The first-order valence-electron chi connectivity index (χ1n) is 10.5. The lowest BCUT2D eigenvalue weighted by Gasteiger charge is -2.30. The molecule has 0 spiro atoms. The molecule has 0 saturated carbocycles. The van der Waals surface area contributed by atoms with Crippen molar-refractivity contribution in [3.8, 4) is 0 Å². The number of carbonyl (C=O) groups excluding carboxylic acids is 2. The second-order valence-electron chi connectivity index (χ2n) is 7.72. The number of hydrogen-bond acceptors (Lipinski definition) is 7. The van der Waals surface area contributed by atoms with E-state index >= 15 is 0 Å². The summed E-state index contributed by atoms with van der Waals surface area (Å²) in [4.78, 5) is 31.3. The van der Waals surface area contributed by atoms with Crippen LogP contribution in [0.25, 0.3) is 10.2 Å². The summed E-state index contributed by atoms with van der Waals surface area (Å²) in [7, 11) is -3.45. The van der Waals surface area contributed by atoms with Crippen LogP contribution in [-0.4, -0.2) is 55.1 Å². The van der Waals surface area contributed by atoms with E-state index in [0.29, 0.717) is 23.1 Å². The third-order valence-electron chi connectivity index (χ3n) is 5.68. The highest BCUT2D eigenvalue weighted by Crippen LogP contribution is 2.31. The monoisotopic (exact) mass is 506 g/mol. The van der Waals surface area contributed by atoms with Crippen molar-refractivity contribution in [2.75, 3.05) is 25.0 Å². The van der Waals surface area contributed by atoms with Gasteiger partial charge >= 0.3 is 6.03 Å². The number of nitrogens with one attached hydrogen (secondary N) is 2. The van der Waals surface area contributed by atoms with Gasteiger partial charge in [-0.25, -0.2) is 18.2 Å². The molecule has 2 N–H and O–H groups in total. The number of aromatic nitrogens is 1. The SMILES string of the molecule is CCN1CCC(S(=O)(=O)c2ccc3nc(NC(=O)NC(=O)c4ccccc4Cl)sc3c2)CC1. The van der Waals surface area contributed by atoms with Crippen LogP contribution in [0.3, 0.4) is 0 Å². The van der Waals surface area contributed by atoms with Gasteiger partial charge in [-0.3, -0.25) is 15.4 Å².